The minimum absolute atomic E-state index is 0.422. The number of ether oxygens (including phenoxy) is 1. The van der Waals surface area contributed by atoms with Gasteiger partial charge in [0.15, 0.2) is 5.65 Å². The van der Waals surface area contributed by atoms with Crippen molar-refractivity contribution in [3.63, 3.8) is 0 Å². The van der Waals surface area contributed by atoms with Gasteiger partial charge in [-0.3, -0.25) is 0 Å². The fourth-order valence-corrected chi connectivity index (χ4v) is 3.39. The average Bonchev–Trinajstić information content (AvgIpc) is 3.15. The van der Waals surface area contributed by atoms with Crippen LogP contribution in [0.15, 0.2) is 18.3 Å². The zero-order valence-electron chi connectivity index (χ0n) is 11.6. The van der Waals surface area contributed by atoms with E-state index in [1.54, 1.807) is 0 Å². The molecule has 0 bridgehead atoms. The van der Waals surface area contributed by atoms with Gasteiger partial charge in [-0.1, -0.05) is 0 Å². The molecule has 0 spiro atoms. The van der Waals surface area contributed by atoms with E-state index in [1.165, 1.54) is 18.7 Å². The van der Waals surface area contributed by atoms with Crippen LogP contribution in [-0.2, 0) is 4.74 Å². The van der Waals surface area contributed by atoms with Crippen molar-refractivity contribution in [1.82, 2.24) is 19.9 Å². The van der Waals surface area contributed by atoms with Gasteiger partial charge < -0.3 is 14.6 Å². The smallest absolute Gasteiger partial charge is 0.160 e. The molecule has 2 aromatic rings. The molecule has 0 aliphatic carbocycles. The zero-order valence-corrected chi connectivity index (χ0v) is 11.6. The Bertz CT molecular complexity index is 597. The number of imidazole rings is 1. The first-order valence-corrected chi connectivity index (χ1v) is 7.55. The molecule has 4 heterocycles. The lowest BCUT2D eigenvalue weighted by Crippen LogP contribution is -2.32. The Kier molecular flexibility index (Phi) is 3.16. The van der Waals surface area contributed by atoms with E-state index >= 15 is 0 Å². The predicted molar refractivity (Wildman–Crippen MR) is 76.8 cm³/mol. The second-order valence-corrected chi connectivity index (χ2v) is 5.75. The lowest BCUT2D eigenvalue weighted by molar-refractivity contribution is 0.192. The Morgan fingerprint density at radius 1 is 1.35 bits per heavy atom. The first-order chi connectivity index (χ1) is 9.93. The van der Waals surface area contributed by atoms with Crippen molar-refractivity contribution >= 4 is 11.2 Å². The summed E-state index contributed by atoms with van der Waals surface area (Å²) >= 11 is 0. The molecule has 2 atom stereocenters. The number of aromatic nitrogens is 3. The Morgan fingerprint density at radius 3 is 3.15 bits per heavy atom. The maximum absolute atomic E-state index is 5.56. The van der Waals surface area contributed by atoms with Crippen molar-refractivity contribution < 1.29 is 4.74 Å². The van der Waals surface area contributed by atoms with Gasteiger partial charge in [-0.2, -0.15) is 0 Å². The van der Waals surface area contributed by atoms with Crippen LogP contribution in [0.5, 0.6) is 0 Å². The molecule has 5 heteroatoms. The average molecular weight is 272 g/mol. The van der Waals surface area contributed by atoms with Gasteiger partial charge in [-0.15, -0.1) is 0 Å². The standard InChI is InChI=1S/C15H20N4O/c1-3-12(9-16-6-1)19-14(11-5-8-20-10-11)18-13-4-2-7-17-15(13)19/h2,4,7,11-12,16H,1,3,5-6,8-10H2. The minimum Gasteiger partial charge on any atom is -0.381 e. The Balaban J connectivity index is 1.83. The summed E-state index contributed by atoms with van der Waals surface area (Å²) in [6.07, 6.45) is 5.36. The molecular weight excluding hydrogens is 252 g/mol. The van der Waals surface area contributed by atoms with E-state index in [0.29, 0.717) is 12.0 Å². The molecule has 106 valence electrons. The summed E-state index contributed by atoms with van der Waals surface area (Å²) in [5.41, 5.74) is 2.04. The SMILES string of the molecule is c1cnc2c(c1)nc(C1CCOC1)n2C1CCCNC1. The van der Waals surface area contributed by atoms with Gasteiger partial charge in [-0.05, 0) is 37.9 Å². The van der Waals surface area contributed by atoms with Crippen LogP contribution in [0.25, 0.3) is 11.2 Å². The minimum atomic E-state index is 0.422. The third kappa shape index (κ3) is 2.01. The molecule has 0 aromatic carbocycles. The summed E-state index contributed by atoms with van der Waals surface area (Å²) in [5, 5.41) is 3.50. The molecule has 0 saturated carbocycles. The molecule has 2 aliphatic heterocycles. The van der Waals surface area contributed by atoms with Crippen LogP contribution in [-0.4, -0.2) is 40.8 Å². The maximum atomic E-state index is 5.56. The molecule has 2 fully saturated rings. The maximum Gasteiger partial charge on any atom is 0.160 e. The third-order valence-electron chi connectivity index (χ3n) is 4.41. The largest absolute Gasteiger partial charge is 0.381 e. The summed E-state index contributed by atoms with van der Waals surface area (Å²) in [6, 6.07) is 4.50. The number of nitrogens with one attached hydrogen (secondary N) is 1. The molecule has 4 rings (SSSR count). The molecule has 5 nitrogen and oxygen atoms in total. The third-order valence-corrected chi connectivity index (χ3v) is 4.41. The van der Waals surface area contributed by atoms with Gasteiger partial charge >= 0.3 is 0 Å². The van der Waals surface area contributed by atoms with Crippen LogP contribution in [0.4, 0.5) is 0 Å². The highest BCUT2D eigenvalue weighted by Gasteiger charge is 2.28. The van der Waals surface area contributed by atoms with E-state index in [1.807, 2.05) is 12.3 Å². The first kappa shape index (κ1) is 12.3. The highest BCUT2D eigenvalue weighted by molar-refractivity contribution is 5.71. The number of pyridine rings is 1. The molecule has 0 amide bonds. The summed E-state index contributed by atoms with van der Waals surface area (Å²) in [5.74, 6) is 1.59. The van der Waals surface area contributed by atoms with Crippen molar-refractivity contribution in [3.05, 3.63) is 24.2 Å². The van der Waals surface area contributed by atoms with E-state index in [4.69, 9.17) is 9.72 Å². The van der Waals surface area contributed by atoms with Crippen LogP contribution in [0, 0.1) is 0 Å². The highest BCUT2D eigenvalue weighted by Crippen LogP contribution is 2.31. The second kappa shape index (κ2) is 5.14. The summed E-state index contributed by atoms with van der Waals surface area (Å²) in [4.78, 5) is 9.44. The van der Waals surface area contributed by atoms with E-state index in [9.17, 15) is 0 Å². The van der Waals surface area contributed by atoms with Crippen molar-refractivity contribution in [2.24, 2.45) is 0 Å². The summed E-state index contributed by atoms with van der Waals surface area (Å²) in [7, 11) is 0. The summed E-state index contributed by atoms with van der Waals surface area (Å²) < 4.78 is 7.94. The highest BCUT2D eigenvalue weighted by atomic mass is 16.5. The van der Waals surface area contributed by atoms with Gasteiger partial charge in [0, 0.05) is 31.3 Å². The predicted octanol–water partition coefficient (Wildman–Crippen LogP) is 1.86. The van der Waals surface area contributed by atoms with Gasteiger partial charge in [0.25, 0.3) is 0 Å². The van der Waals surface area contributed by atoms with Crippen LogP contribution in [0.1, 0.15) is 37.0 Å². The molecule has 2 unspecified atom stereocenters. The lowest BCUT2D eigenvalue weighted by Gasteiger charge is -2.27. The number of nitrogens with zero attached hydrogens (tertiary/aromatic N) is 3. The molecule has 2 aliphatic rings. The Morgan fingerprint density at radius 2 is 2.35 bits per heavy atom. The van der Waals surface area contributed by atoms with E-state index in [0.717, 1.165) is 43.9 Å². The number of rotatable bonds is 2. The molecule has 1 N–H and O–H groups in total. The van der Waals surface area contributed by atoms with Gasteiger partial charge in [0.05, 0.1) is 6.61 Å². The second-order valence-electron chi connectivity index (χ2n) is 5.75. The van der Waals surface area contributed by atoms with Gasteiger partial charge in [0.2, 0.25) is 0 Å². The molecule has 0 radical (unpaired) electrons. The van der Waals surface area contributed by atoms with Crippen LogP contribution in [0.3, 0.4) is 0 Å². The topological polar surface area (TPSA) is 52.0 Å². The van der Waals surface area contributed by atoms with Crippen LogP contribution >= 0.6 is 0 Å². The first-order valence-electron chi connectivity index (χ1n) is 7.55. The van der Waals surface area contributed by atoms with Crippen molar-refractivity contribution in [2.45, 2.75) is 31.2 Å². The van der Waals surface area contributed by atoms with Gasteiger partial charge in [-0.25, -0.2) is 9.97 Å². The van der Waals surface area contributed by atoms with E-state index in [2.05, 4.69) is 20.9 Å². The normalized spacial score (nSPS) is 27.2. The lowest BCUT2D eigenvalue weighted by atomic mass is 10.0. The Hall–Kier alpha value is -1.46. The van der Waals surface area contributed by atoms with E-state index in [-0.39, 0.29) is 0 Å². The molecule has 2 saturated heterocycles. The fraction of sp³-hybridized carbons (Fsp3) is 0.600. The van der Waals surface area contributed by atoms with Crippen molar-refractivity contribution in [2.75, 3.05) is 26.3 Å². The number of piperidine rings is 1. The molecule has 20 heavy (non-hydrogen) atoms. The zero-order chi connectivity index (χ0) is 13.4. The molecule has 2 aromatic heterocycles. The number of hydrogen-bond donors (Lipinski definition) is 1. The van der Waals surface area contributed by atoms with Crippen LogP contribution < -0.4 is 5.32 Å². The molecular formula is C15H20N4O. The van der Waals surface area contributed by atoms with Crippen molar-refractivity contribution in [3.8, 4) is 0 Å². The van der Waals surface area contributed by atoms with Gasteiger partial charge in [0.1, 0.15) is 11.3 Å². The Labute approximate surface area is 118 Å². The fourth-order valence-electron chi connectivity index (χ4n) is 3.39. The number of hydrogen-bond acceptors (Lipinski definition) is 4. The summed E-state index contributed by atoms with van der Waals surface area (Å²) in [6.45, 7) is 3.79. The van der Waals surface area contributed by atoms with Crippen LogP contribution in [0.2, 0.25) is 0 Å². The number of fused-ring (bicyclic) bond motifs is 1. The van der Waals surface area contributed by atoms with E-state index < -0.39 is 0 Å². The quantitative estimate of drug-likeness (QED) is 0.906. The van der Waals surface area contributed by atoms with Crippen molar-refractivity contribution in [1.29, 1.82) is 0 Å². The monoisotopic (exact) mass is 272 g/mol.